The number of carbonyl (C=O) groups is 1. The van der Waals surface area contributed by atoms with Gasteiger partial charge in [-0.1, -0.05) is 18.2 Å². The van der Waals surface area contributed by atoms with E-state index in [-0.39, 0.29) is 24.2 Å². The molecule has 0 aliphatic heterocycles. The number of ether oxygens (including phenoxy) is 1. The molecule has 0 saturated heterocycles. The van der Waals surface area contributed by atoms with Crippen molar-refractivity contribution in [2.45, 2.75) is 26.4 Å². The van der Waals surface area contributed by atoms with Crippen molar-refractivity contribution in [3.63, 3.8) is 0 Å². The summed E-state index contributed by atoms with van der Waals surface area (Å²) >= 11 is 0. The van der Waals surface area contributed by atoms with Gasteiger partial charge in [-0.05, 0) is 44.2 Å². The molecule has 2 aromatic rings. The zero-order valence-corrected chi connectivity index (χ0v) is 13.3. The van der Waals surface area contributed by atoms with Crippen LogP contribution >= 0.6 is 0 Å². The Morgan fingerprint density at radius 1 is 1.17 bits per heavy atom. The molecule has 0 fully saturated rings. The van der Waals surface area contributed by atoms with E-state index in [9.17, 15) is 9.18 Å². The van der Waals surface area contributed by atoms with E-state index in [0.717, 1.165) is 0 Å². The molecule has 0 radical (unpaired) electrons. The van der Waals surface area contributed by atoms with E-state index in [0.29, 0.717) is 23.7 Å². The second-order valence-corrected chi connectivity index (χ2v) is 5.40. The van der Waals surface area contributed by atoms with Crippen LogP contribution in [0.5, 0.6) is 5.75 Å². The number of hydrogen-bond acceptors (Lipinski definition) is 3. The molecule has 2 N–H and O–H groups in total. The number of anilines is 2. The minimum absolute atomic E-state index is 0.0303. The van der Waals surface area contributed by atoms with Crippen LogP contribution in [0.15, 0.2) is 48.5 Å². The van der Waals surface area contributed by atoms with Gasteiger partial charge in [-0.15, -0.1) is 0 Å². The molecule has 0 atom stereocenters. The van der Waals surface area contributed by atoms with Crippen LogP contribution in [0, 0.1) is 5.82 Å². The summed E-state index contributed by atoms with van der Waals surface area (Å²) in [6, 6.07) is 13.5. The fraction of sp³-hybridized carbons (Fsp3) is 0.278. The molecular formula is C18H21FN2O2. The van der Waals surface area contributed by atoms with Crippen molar-refractivity contribution in [2.24, 2.45) is 0 Å². The molecule has 0 heterocycles. The van der Waals surface area contributed by atoms with Crippen LogP contribution in [0.25, 0.3) is 0 Å². The van der Waals surface area contributed by atoms with Gasteiger partial charge in [0.05, 0.1) is 11.8 Å². The second-order valence-electron chi connectivity index (χ2n) is 5.40. The summed E-state index contributed by atoms with van der Waals surface area (Å²) < 4.78 is 18.7. The van der Waals surface area contributed by atoms with Crippen LogP contribution < -0.4 is 15.4 Å². The number of benzene rings is 2. The van der Waals surface area contributed by atoms with Gasteiger partial charge >= 0.3 is 0 Å². The lowest BCUT2D eigenvalue weighted by Gasteiger charge is -2.15. The van der Waals surface area contributed by atoms with Crippen molar-refractivity contribution in [1.82, 2.24) is 0 Å². The molecule has 0 unspecified atom stereocenters. The number of hydrogen-bond donors (Lipinski definition) is 2. The van der Waals surface area contributed by atoms with Crippen molar-refractivity contribution in [3.05, 3.63) is 54.3 Å². The summed E-state index contributed by atoms with van der Waals surface area (Å²) in [6.07, 6.45) is 0.301. The first-order valence-corrected chi connectivity index (χ1v) is 7.59. The average molecular weight is 316 g/mol. The largest absolute Gasteiger partial charge is 0.489 e. The smallest absolute Gasteiger partial charge is 0.226 e. The fourth-order valence-electron chi connectivity index (χ4n) is 2.06. The highest BCUT2D eigenvalue weighted by molar-refractivity contribution is 5.92. The first-order valence-electron chi connectivity index (χ1n) is 7.59. The van der Waals surface area contributed by atoms with E-state index in [1.165, 1.54) is 12.1 Å². The number of carbonyl (C=O) groups excluding carboxylic acids is 1. The van der Waals surface area contributed by atoms with Gasteiger partial charge < -0.3 is 15.4 Å². The van der Waals surface area contributed by atoms with Crippen LogP contribution in [0.1, 0.15) is 20.3 Å². The SMILES string of the molecule is CC(C)Oc1ccccc1NC(=O)CCNc1cccc(F)c1. The van der Waals surface area contributed by atoms with Crippen LogP contribution in [0.4, 0.5) is 15.8 Å². The van der Waals surface area contributed by atoms with E-state index in [2.05, 4.69) is 10.6 Å². The second kappa shape index (κ2) is 8.17. The molecule has 0 aliphatic carbocycles. The summed E-state index contributed by atoms with van der Waals surface area (Å²) in [6.45, 7) is 4.28. The van der Waals surface area contributed by atoms with Gasteiger partial charge in [0, 0.05) is 18.7 Å². The first kappa shape index (κ1) is 16.8. The van der Waals surface area contributed by atoms with E-state index in [4.69, 9.17) is 4.74 Å². The van der Waals surface area contributed by atoms with Gasteiger partial charge in [0.25, 0.3) is 0 Å². The average Bonchev–Trinajstić information content (AvgIpc) is 2.49. The number of nitrogens with one attached hydrogen (secondary N) is 2. The van der Waals surface area contributed by atoms with Crippen LogP contribution in [-0.4, -0.2) is 18.6 Å². The highest BCUT2D eigenvalue weighted by Gasteiger charge is 2.08. The topological polar surface area (TPSA) is 50.4 Å². The van der Waals surface area contributed by atoms with Crippen molar-refractivity contribution in [2.75, 3.05) is 17.2 Å². The Morgan fingerprint density at radius 2 is 1.96 bits per heavy atom. The molecule has 122 valence electrons. The lowest BCUT2D eigenvalue weighted by Crippen LogP contribution is -2.17. The molecule has 0 spiro atoms. The van der Waals surface area contributed by atoms with E-state index >= 15 is 0 Å². The van der Waals surface area contributed by atoms with Crippen molar-refractivity contribution in [3.8, 4) is 5.75 Å². The highest BCUT2D eigenvalue weighted by atomic mass is 19.1. The van der Waals surface area contributed by atoms with Gasteiger partial charge in [0.15, 0.2) is 0 Å². The molecule has 0 bridgehead atoms. The quantitative estimate of drug-likeness (QED) is 0.810. The summed E-state index contributed by atoms with van der Waals surface area (Å²) in [4.78, 5) is 12.0. The molecule has 1 amide bonds. The van der Waals surface area contributed by atoms with Crippen LogP contribution in [0.2, 0.25) is 0 Å². The van der Waals surface area contributed by atoms with E-state index in [1.54, 1.807) is 18.2 Å². The van der Waals surface area contributed by atoms with E-state index in [1.807, 2.05) is 32.0 Å². The molecular weight excluding hydrogens is 295 g/mol. The Morgan fingerprint density at radius 3 is 2.70 bits per heavy atom. The number of rotatable bonds is 7. The summed E-state index contributed by atoms with van der Waals surface area (Å²) in [5.74, 6) is 0.210. The third kappa shape index (κ3) is 5.62. The molecule has 2 aromatic carbocycles. The maximum Gasteiger partial charge on any atom is 0.226 e. The predicted molar refractivity (Wildman–Crippen MR) is 90.3 cm³/mol. The highest BCUT2D eigenvalue weighted by Crippen LogP contribution is 2.24. The first-order chi connectivity index (χ1) is 11.0. The molecule has 4 nitrogen and oxygen atoms in total. The molecule has 5 heteroatoms. The number of halogens is 1. The van der Waals surface area contributed by atoms with Gasteiger partial charge in [0.1, 0.15) is 11.6 Å². The van der Waals surface area contributed by atoms with Gasteiger partial charge in [0.2, 0.25) is 5.91 Å². The third-order valence-corrected chi connectivity index (χ3v) is 3.03. The molecule has 0 aromatic heterocycles. The summed E-state index contributed by atoms with van der Waals surface area (Å²) in [7, 11) is 0. The zero-order valence-electron chi connectivity index (χ0n) is 13.3. The Kier molecular flexibility index (Phi) is 5.97. The van der Waals surface area contributed by atoms with E-state index < -0.39 is 0 Å². The fourth-order valence-corrected chi connectivity index (χ4v) is 2.06. The Bertz CT molecular complexity index is 659. The summed E-state index contributed by atoms with van der Waals surface area (Å²) in [5, 5.41) is 5.85. The monoisotopic (exact) mass is 316 g/mol. The standard InChI is InChI=1S/C18H21FN2O2/c1-13(2)23-17-9-4-3-8-16(17)21-18(22)10-11-20-15-7-5-6-14(19)12-15/h3-9,12-13,20H,10-11H2,1-2H3,(H,21,22). The minimum Gasteiger partial charge on any atom is -0.489 e. The zero-order chi connectivity index (χ0) is 16.7. The van der Waals surface area contributed by atoms with Crippen molar-refractivity contribution < 1.29 is 13.9 Å². The molecule has 23 heavy (non-hydrogen) atoms. The van der Waals surface area contributed by atoms with Gasteiger partial charge in [-0.25, -0.2) is 4.39 Å². The van der Waals surface area contributed by atoms with Crippen molar-refractivity contribution in [1.29, 1.82) is 0 Å². The normalized spacial score (nSPS) is 10.4. The Hall–Kier alpha value is -2.56. The lowest BCUT2D eigenvalue weighted by molar-refractivity contribution is -0.116. The maximum atomic E-state index is 13.1. The van der Waals surface area contributed by atoms with Crippen molar-refractivity contribution >= 4 is 17.3 Å². The van der Waals surface area contributed by atoms with Gasteiger partial charge in [-0.3, -0.25) is 4.79 Å². The number of amides is 1. The molecule has 0 saturated carbocycles. The van der Waals surface area contributed by atoms with Crippen LogP contribution in [-0.2, 0) is 4.79 Å². The third-order valence-electron chi connectivity index (χ3n) is 3.03. The lowest BCUT2D eigenvalue weighted by atomic mass is 10.2. The maximum absolute atomic E-state index is 13.1. The minimum atomic E-state index is -0.306. The summed E-state index contributed by atoms with van der Waals surface area (Å²) in [5.41, 5.74) is 1.30. The Balaban J connectivity index is 1.85. The molecule has 0 aliphatic rings. The van der Waals surface area contributed by atoms with Gasteiger partial charge in [-0.2, -0.15) is 0 Å². The van der Waals surface area contributed by atoms with Crippen LogP contribution in [0.3, 0.4) is 0 Å². The number of para-hydroxylation sites is 2. The predicted octanol–water partition coefficient (Wildman–Crippen LogP) is 4.05. The Labute approximate surface area is 135 Å². The molecule has 2 rings (SSSR count).